The fraction of sp³-hybridized carbons (Fsp3) is 0.444. The molecule has 0 aliphatic carbocycles. The molecule has 0 bridgehead atoms. The van der Waals surface area contributed by atoms with Crippen molar-refractivity contribution in [2.24, 2.45) is 5.92 Å². The summed E-state index contributed by atoms with van der Waals surface area (Å²) < 4.78 is 70.7. The van der Waals surface area contributed by atoms with Gasteiger partial charge in [0.2, 0.25) is 0 Å². The number of hydrogen-bond acceptors (Lipinski definition) is 5. The van der Waals surface area contributed by atoms with Crippen LogP contribution >= 0.6 is 0 Å². The SMILES string of the molecule is Cc1ccc(NC(=O)N2CCC(CC(F)(F)F)C2)cc1-c1cc(-c2cnn(C(F)F)c2)nc(N2CCOCC2)c1. The van der Waals surface area contributed by atoms with Crippen LogP contribution < -0.4 is 10.2 Å². The Balaban J connectivity index is 1.42. The van der Waals surface area contributed by atoms with Crippen molar-refractivity contribution < 1.29 is 31.5 Å². The van der Waals surface area contributed by atoms with Crippen molar-refractivity contribution in [3.05, 3.63) is 48.3 Å². The molecule has 8 nitrogen and oxygen atoms in total. The Hall–Kier alpha value is -3.74. The third-order valence-electron chi connectivity index (χ3n) is 7.14. The standard InChI is InChI=1S/C27H29F5N6O2/c1-17-2-3-21(34-26(39)37-5-4-18(15-37)13-27(30,31)32)12-22(17)19-10-23(20-14-33-38(16-20)25(28)29)35-24(11-19)36-6-8-40-9-7-36/h2-3,10-12,14,16,18,25H,4-9,13,15H2,1H3,(H,34,39). The number of hydrogen-bond donors (Lipinski definition) is 1. The summed E-state index contributed by atoms with van der Waals surface area (Å²) in [5.74, 6) is 0.0461. The van der Waals surface area contributed by atoms with Gasteiger partial charge in [-0.2, -0.15) is 27.1 Å². The minimum absolute atomic E-state index is 0.0486. The minimum Gasteiger partial charge on any atom is -0.378 e. The molecule has 0 saturated carbocycles. The molecule has 214 valence electrons. The third-order valence-corrected chi connectivity index (χ3v) is 7.14. The molecule has 0 radical (unpaired) electrons. The van der Waals surface area contributed by atoms with Gasteiger partial charge in [-0.15, -0.1) is 0 Å². The maximum atomic E-state index is 13.2. The zero-order valence-corrected chi connectivity index (χ0v) is 21.8. The number of anilines is 2. The number of alkyl halides is 5. The number of nitrogens with one attached hydrogen (secondary N) is 1. The topological polar surface area (TPSA) is 75.5 Å². The molecule has 2 aromatic heterocycles. The number of halogens is 5. The molecular weight excluding hydrogens is 535 g/mol. The van der Waals surface area contributed by atoms with Crippen molar-refractivity contribution in [3.8, 4) is 22.4 Å². The maximum absolute atomic E-state index is 13.2. The Morgan fingerprint density at radius 2 is 1.90 bits per heavy atom. The summed E-state index contributed by atoms with van der Waals surface area (Å²) in [4.78, 5) is 21.0. The van der Waals surface area contributed by atoms with Crippen LogP contribution in [0.4, 0.5) is 38.3 Å². The quantitative estimate of drug-likeness (QED) is 0.374. The first kappa shape index (κ1) is 27.8. The Morgan fingerprint density at radius 1 is 1.12 bits per heavy atom. The van der Waals surface area contributed by atoms with Gasteiger partial charge in [-0.3, -0.25) is 0 Å². The van der Waals surface area contributed by atoms with E-state index in [1.54, 1.807) is 18.2 Å². The van der Waals surface area contributed by atoms with E-state index in [9.17, 15) is 26.7 Å². The van der Waals surface area contributed by atoms with Crippen LogP contribution in [-0.2, 0) is 4.74 Å². The Labute approximate surface area is 227 Å². The molecule has 5 rings (SSSR count). The van der Waals surface area contributed by atoms with Gasteiger partial charge in [0.15, 0.2) is 0 Å². The molecule has 13 heteroatoms. The van der Waals surface area contributed by atoms with Crippen molar-refractivity contribution in [1.29, 1.82) is 0 Å². The van der Waals surface area contributed by atoms with Crippen LogP contribution in [0.25, 0.3) is 22.4 Å². The first-order chi connectivity index (χ1) is 19.1. The number of benzene rings is 1. The molecule has 2 amide bonds. The van der Waals surface area contributed by atoms with E-state index in [4.69, 9.17) is 9.72 Å². The summed E-state index contributed by atoms with van der Waals surface area (Å²) >= 11 is 0. The lowest BCUT2D eigenvalue weighted by atomic mass is 9.98. The second-order valence-electron chi connectivity index (χ2n) is 10.1. The molecule has 1 atom stereocenters. The first-order valence-corrected chi connectivity index (χ1v) is 13.0. The molecule has 1 N–H and O–H groups in total. The second-order valence-corrected chi connectivity index (χ2v) is 10.1. The summed E-state index contributed by atoms with van der Waals surface area (Å²) in [6, 6.07) is 8.60. The Kier molecular flexibility index (Phi) is 7.92. The van der Waals surface area contributed by atoms with Crippen LogP contribution in [0, 0.1) is 12.8 Å². The zero-order chi connectivity index (χ0) is 28.4. The van der Waals surface area contributed by atoms with Crippen molar-refractivity contribution in [2.75, 3.05) is 49.6 Å². The van der Waals surface area contributed by atoms with E-state index in [2.05, 4.69) is 15.3 Å². The molecule has 2 aliphatic heterocycles. The van der Waals surface area contributed by atoms with Crippen LogP contribution in [0.5, 0.6) is 0 Å². The number of pyridine rings is 1. The van der Waals surface area contributed by atoms with Crippen molar-refractivity contribution >= 4 is 17.5 Å². The smallest absolute Gasteiger partial charge is 0.378 e. The van der Waals surface area contributed by atoms with E-state index in [0.29, 0.717) is 60.2 Å². The minimum atomic E-state index is -4.26. The number of urea groups is 1. The molecule has 2 aliphatic rings. The van der Waals surface area contributed by atoms with E-state index in [1.807, 2.05) is 19.1 Å². The molecule has 1 aromatic carbocycles. The lowest BCUT2D eigenvalue weighted by Crippen LogP contribution is -2.36. The number of likely N-dealkylation sites (tertiary alicyclic amines) is 1. The van der Waals surface area contributed by atoms with Crippen LogP contribution in [0.15, 0.2) is 42.7 Å². The normalized spacial score (nSPS) is 18.0. The van der Waals surface area contributed by atoms with E-state index in [0.717, 1.165) is 16.7 Å². The number of carbonyl (C=O) groups is 1. The van der Waals surface area contributed by atoms with Gasteiger partial charge in [0.1, 0.15) is 5.82 Å². The molecular formula is C27H29F5N6O2. The number of carbonyl (C=O) groups excluding carboxylic acids is 1. The number of rotatable bonds is 6. The number of amides is 2. The van der Waals surface area contributed by atoms with E-state index in [-0.39, 0.29) is 13.1 Å². The average Bonchev–Trinajstić information content (AvgIpc) is 3.60. The van der Waals surface area contributed by atoms with E-state index in [1.165, 1.54) is 17.3 Å². The predicted molar refractivity (Wildman–Crippen MR) is 139 cm³/mol. The van der Waals surface area contributed by atoms with Gasteiger partial charge in [0, 0.05) is 50.0 Å². The predicted octanol–water partition coefficient (Wildman–Crippen LogP) is 5.96. The molecule has 4 heterocycles. The zero-order valence-electron chi connectivity index (χ0n) is 21.8. The average molecular weight is 565 g/mol. The molecule has 2 saturated heterocycles. The summed E-state index contributed by atoms with van der Waals surface area (Å²) in [6.45, 7) is 1.74. The fourth-order valence-electron chi connectivity index (χ4n) is 5.08. The molecule has 1 unspecified atom stereocenters. The van der Waals surface area contributed by atoms with Crippen LogP contribution in [0.3, 0.4) is 0 Å². The molecule has 0 spiro atoms. The van der Waals surface area contributed by atoms with Crippen molar-refractivity contribution in [2.45, 2.75) is 32.5 Å². The largest absolute Gasteiger partial charge is 0.389 e. The number of aromatic nitrogens is 3. The number of aryl methyl sites for hydroxylation is 1. The number of nitrogens with zero attached hydrogens (tertiary/aromatic N) is 5. The summed E-state index contributed by atoms with van der Waals surface area (Å²) in [7, 11) is 0. The van der Waals surface area contributed by atoms with Gasteiger partial charge < -0.3 is 19.9 Å². The highest BCUT2D eigenvalue weighted by atomic mass is 19.4. The lowest BCUT2D eigenvalue weighted by Gasteiger charge is -2.28. The van der Waals surface area contributed by atoms with Gasteiger partial charge in [0.05, 0.1) is 25.1 Å². The van der Waals surface area contributed by atoms with Gasteiger partial charge in [-0.1, -0.05) is 6.07 Å². The first-order valence-electron chi connectivity index (χ1n) is 13.0. The number of morpholine rings is 1. The molecule has 3 aromatic rings. The monoisotopic (exact) mass is 564 g/mol. The van der Waals surface area contributed by atoms with E-state index < -0.39 is 31.1 Å². The highest BCUT2D eigenvalue weighted by molar-refractivity contribution is 5.91. The van der Waals surface area contributed by atoms with Gasteiger partial charge in [0.25, 0.3) is 0 Å². The van der Waals surface area contributed by atoms with Gasteiger partial charge in [-0.25, -0.2) is 14.5 Å². The summed E-state index contributed by atoms with van der Waals surface area (Å²) in [6.07, 6.45) is -2.28. The third kappa shape index (κ3) is 6.52. The van der Waals surface area contributed by atoms with Crippen LogP contribution in [0.2, 0.25) is 0 Å². The molecule has 2 fully saturated rings. The van der Waals surface area contributed by atoms with Gasteiger partial charge in [-0.05, 0) is 60.2 Å². The van der Waals surface area contributed by atoms with Crippen LogP contribution in [0.1, 0.15) is 25.0 Å². The van der Waals surface area contributed by atoms with Crippen LogP contribution in [-0.4, -0.2) is 71.3 Å². The highest BCUT2D eigenvalue weighted by Crippen LogP contribution is 2.34. The summed E-state index contributed by atoms with van der Waals surface area (Å²) in [5.41, 5.74) is 3.83. The lowest BCUT2D eigenvalue weighted by molar-refractivity contribution is -0.143. The van der Waals surface area contributed by atoms with E-state index >= 15 is 0 Å². The fourth-order valence-corrected chi connectivity index (χ4v) is 5.08. The van der Waals surface area contributed by atoms with Crippen molar-refractivity contribution in [1.82, 2.24) is 19.7 Å². The Morgan fingerprint density at radius 3 is 2.60 bits per heavy atom. The number of ether oxygens (including phenoxy) is 1. The second kappa shape index (κ2) is 11.4. The van der Waals surface area contributed by atoms with Crippen molar-refractivity contribution in [3.63, 3.8) is 0 Å². The highest BCUT2D eigenvalue weighted by Gasteiger charge is 2.36. The Bertz CT molecular complexity index is 1360. The summed E-state index contributed by atoms with van der Waals surface area (Å²) in [5, 5.41) is 6.55. The maximum Gasteiger partial charge on any atom is 0.389 e. The molecule has 40 heavy (non-hydrogen) atoms. The van der Waals surface area contributed by atoms with Gasteiger partial charge >= 0.3 is 18.8 Å².